The van der Waals surface area contributed by atoms with Crippen LogP contribution in [0, 0.1) is 11.3 Å². The first-order chi connectivity index (χ1) is 12.0. The number of carbonyl (C=O) groups is 1. The molecule has 0 saturated heterocycles. The maximum absolute atomic E-state index is 12.2. The SMILES string of the molecule is CC[C@@H](C)Oc1ccc(/C=C(/C#N)C(=O)Nc2ccc(O)cc2)cc1. The normalized spacial score (nSPS) is 12.1. The lowest BCUT2D eigenvalue weighted by Gasteiger charge is -2.12. The molecule has 0 aliphatic rings. The molecule has 25 heavy (non-hydrogen) atoms. The summed E-state index contributed by atoms with van der Waals surface area (Å²) in [5.41, 5.74) is 1.22. The molecular formula is C20H20N2O3. The molecule has 2 N–H and O–H groups in total. The van der Waals surface area contributed by atoms with Crippen molar-refractivity contribution in [1.82, 2.24) is 0 Å². The summed E-state index contributed by atoms with van der Waals surface area (Å²) in [4.78, 5) is 12.2. The van der Waals surface area contributed by atoms with E-state index >= 15 is 0 Å². The Bertz CT molecular complexity index is 787. The zero-order chi connectivity index (χ0) is 18.2. The number of nitrogens with one attached hydrogen (secondary N) is 1. The van der Waals surface area contributed by atoms with Gasteiger partial charge < -0.3 is 15.2 Å². The largest absolute Gasteiger partial charge is 0.508 e. The van der Waals surface area contributed by atoms with E-state index in [2.05, 4.69) is 5.32 Å². The molecule has 0 saturated carbocycles. The highest BCUT2D eigenvalue weighted by atomic mass is 16.5. The van der Waals surface area contributed by atoms with Crippen molar-refractivity contribution < 1.29 is 14.6 Å². The summed E-state index contributed by atoms with van der Waals surface area (Å²) in [6.45, 7) is 4.04. The van der Waals surface area contributed by atoms with Crippen molar-refractivity contribution in [3.8, 4) is 17.6 Å². The van der Waals surface area contributed by atoms with E-state index in [0.717, 1.165) is 17.7 Å². The highest BCUT2D eigenvalue weighted by molar-refractivity contribution is 6.09. The molecule has 2 aromatic carbocycles. The van der Waals surface area contributed by atoms with Gasteiger partial charge in [0.1, 0.15) is 23.1 Å². The molecule has 5 heteroatoms. The highest BCUT2D eigenvalue weighted by Crippen LogP contribution is 2.18. The van der Waals surface area contributed by atoms with E-state index in [0.29, 0.717) is 5.69 Å². The molecule has 5 nitrogen and oxygen atoms in total. The van der Waals surface area contributed by atoms with E-state index in [1.54, 1.807) is 24.3 Å². The number of nitrogens with zero attached hydrogens (tertiary/aromatic N) is 1. The summed E-state index contributed by atoms with van der Waals surface area (Å²) in [5, 5.41) is 21.1. The smallest absolute Gasteiger partial charge is 0.266 e. The number of aromatic hydroxyl groups is 1. The number of hydrogen-bond donors (Lipinski definition) is 2. The minimum atomic E-state index is -0.506. The van der Waals surface area contributed by atoms with E-state index in [4.69, 9.17) is 4.74 Å². The van der Waals surface area contributed by atoms with E-state index in [1.165, 1.54) is 18.2 Å². The van der Waals surface area contributed by atoms with Gasteiger partial charge in [-0.25, -0.2) is 0 Å². The lowest BCUT2D eigenvalue weighted by Crippen LogP contribution is -2.13. The van der Waals surface area contributed by atoms with Crippen molar-refractivity contribution in [2.24, 2.45) is 0 Å². The fourth-order valence-electron chi connectivity index (χ4n) is 2.02. The number of phenols is 1. The molecule has 0 heterocycles. The van der Waals surface area contributed by atoms with E-state index in [9.17, 15) is 15.2 Å². The summed E-state index contributed by atoms with van der Waals surface area (Å²) < 4.78 is 5.70. The van der Waals surface area contributed by atoms with Crippen LogP contribution in [-0.2, 0) is 4.79 Å². The van der Waals surface area contributed by atoms with Crippen LogP contribution in [0.3, 0.4) is 0 Å². The van der Waals surface area contributed by atoms with Gasteiger partial charge in [-0.2, -0.15) is 5.26 Å². The van der Waals surface area contributed by atoms with Gasteiger partial charge in [0.2, 0.25) is 0 Å². The lowest BCUT2D eigenvalue weighted by atomic mass is 10.1. The second-order valence-corrected chi connectivity index (χ2v) is 5.58. The van der Waals surface area contributed by atoms with Crippen LogP contribution in [0.4, 0.5) is 5.69 Å². The predicted octanol–water partition coefficient (Wildman–Crippen LogP) is 4.12. The Morgan fingerprint density at radius 1 is 1.24 bits per heavy atom. The Morgan fingerprint density at radius 3 is 2.44 bits per heavy atom. The van der Waals surface area contributed by atoms with Gasteiger partial charge in [-0.05, 0) is 61.4 Å². The second kappa shape index (κ2) is 8.55. The van der Waals surface area contributed by atoms with Gasteiger partial charge in [0.15, 0.2) is 0 Å². The van der Waals surface area contributed by atoms with Crippen LogP contribution in [0.1, 0.15) is 25.8 Å². The third kappa shape index (κ3) is 5.40. The zero-order valence-corrected chi connectivity index (χ0v) is 14.2. The Balaban J connectivity index is 2.09. The molecule has 0 fully saturated rings. The fraction of sp³-hybridized carbons (Fsp3) is 0.200. The summed E-state index contributed by atoms with van der Waals surface area (Å²) in [6.07, 6.45) is 2.56. The molecule has 0 unspecified atom stereocenters. The van der Waals surface area contributed by atoms with E-state index < -0.39 is 5.91 Å². The van der Waals surface area contributed by atoms with Crippen molar-refractivity contribution in [2.45, 2.75) is 26.4 Å². The Labute approximate surface area is 147 Å². The molecule has 0 aliphatic heterocycles. The summed E-state index contributed by atoms with van der Waals surface area (Å²) >= 11 is 0. The van der Waals surface area contributed by atoms with Crippen LogP contribution in [0.5, 0.6) is 11.5 Å². The van der Waals surface area contributed by atoms with Gasteiger partial charge in [-0.15, -0.1) is 0 Å². The summed E-state index contributed by atoms with van der Waals surface area (Å²) in [6, 6.07) is 15.2. The summed E-state index contributed by atoms with van der Waals surface area (Å²) in [7, 11) is 0. The van der Waals surface area contributed by atoms with E-state index in [-0.39, 0.29) is 17.4 Å². The zero-order valence-electron chi connectivity index (χ0n) is 14.2. The average molecular weight is 336 g/mol. The van der Waals surface area contributed by atoms with Gasteiger partial charge in [-0.3, -0.25) is 4.79 Å². The number of carbonyl (C=O) groups excluding carboxylic acids is 1. The van der Waals surface area contributed by atoms with Crippen molar-refractivity contribution in [3.05, 3.63) is 59.7 Å². The average Bonchev–Trinajstić information content (AvgIpc) is 2.62. The maximum Gasteiger partial charge on any atom is 0.266 e. The molecule has 0 aromatic heterocycles. The van der Waals surface area contributed by atoms with Gasteiger partial charge in [0.05, 0.1) is 6.10 Å². The number of benzene rings is 2. The Hall–Kier alpha value is -3.26. The van der Waals surface area contributed by atoms with Crippen LogP contribution in [0.25, 0.3) is 6.08 Å². The lowest BCUT2D eigenvalue weighted by molar-refractivity contribution is -0.112. The Morgan fingerprint density at radius 2 is 1.88 bits per heavy atom. The molecule has 0 spiro atoms. The van der Waals surface area contributed by atoms with Crippen LogP contribution >= 0.6 is 0 Å². The minimum absolute atomic E-state index is 0.0105. The van der Waals surface area contributed by atoms with Crippen LogP contribution < -0.4 is 10.1 Å². The van der Waals surface area contributed by atoms with Crippen LogP contribution in [0.2, 0.25) is 0 Å². The molecule has 0 aliphatic carbocycles. The van der Waals surface area contributed by atoms with Crippen molar-refractivity contribution >= 4 is 17.7 Å². The third-order valence-electron chi connectivity index (χ3n) is 3.59. The van der Waals surface area contributed by atoms with Gasteiger partial charge in [0.25, 0.3) is 5.91 Å². The van der Waals surface area contributed by atoms with Crippen molar-refractivity contribution in [2.75, 3.05) is 5.32 Å². The predicted molar refractivity (Wildman–Crippen MR) is 97.1 cm³/mol. The first-order valence-corrected chi connectivity index (χ1v) is 8.00. The highest BCUT2D eigenvalue weighted by Gasteiger charge is 2.10. The molecule has 0 radical (unpaired) electrons. The standard InChI is InChI=1S/C20H20N2O3/c1-3-14(2)25-19-10-4-15(5-11-19)12-16(13-21)20(24)22-17-6-8-18(23)9-7-17/h4-12,14,23H,3H2,1-2H3,(H,22,24)/b16-12-/t14-/m1/s1. The molecule has 2 aromatic rings. The van der Waals surface area contributed by atoms with Gasteiger partial charge >= 0.3 is 0 Å². The monoisotopic (exact) mass is 336 g/mol. The number of phenolic OH excluding ortho intramolecular Hbond substituents is 1. The minimum Gasteiger partial charge on any atom is -0.508 e. The number of rotatable bonds is 6. The Kier molecular flexibility index (Phi) is 6.19. The molecular weight excluding hydrogens is 316 g/mol. The number of amides is 1. The van der Waals surface area contributed by atoms with Gasteiger partial charge in [0, 0.05) is 5.69 Å². The number of nitriles is 1. The topological polar surface area (TPSA) is 82.3 Å². The number of hydrogen-bond acceptors (Lipinski definition) is 4. The van der Waals surface area contributed by atoms with Crippen molar-refractivity contribution in [3.63, 3.8) is 0 Å². The molecule has 128 valence electrons. The van der Waals surface area contributed by atoms with E-state index in [1.807, 2.05) is 32.0 Å². The number of ether oxygens (including phenoxy) is 1. The van der Waals surface area contributed by atoms with Crippen molar-refractivity contribution in [1.29, 1.82) is 5.26 Å². The van der Waals surface area contributed by atoms with Crippen LogP contribution in [0.15, 0.2) is 54.1 Å². The number of anilines is 1. The summed E-state index contributed by atoms with van der Waals surface area (Å²) in [5.74, 6) is 0.348. The second-order valence-electron chi connectivity index (χ2n) is 5.58. The first kappa shape index (κ1) is 18.1. The maximum atomic E-state index is 12.2. The molecule has 0 bridgehead atoms. The molecule has 2 rings (SSSR count). The first-order valence-electron chi connectivity index (χ1n) is 8.00. The van der Waals surface area contributed by atoms with Crippen LogP contribution in [-0.4, -0.2) is 17.1 Å². The fourth-order valence-corrected chi connectivity index (χ4v) is 2.02. The van der Waals surface area contributed by atoms with Gasteiger partial charge in [-0.1, -0.05) is 19.1 Å². The quantitative estimate of drug-likeness (QED) is 0.472. The molecule has 1 amide bonds. The molecule has 1 atom stereocenters. The third-order valence-corrected chi connectivity index (χ3v) is 3.59.